The second-order valence-corrected chi connectivity index (χ2v) is 4.45. The number of nitriles is 1. The monoisotopic (exact) mass is 300 g/mol. The summed E-state index contributed by atoms with van der Waals surface area (Å²) in [6, 6.07) is 6.74. The maximum Gasteiger partial charge on any atom is 0.573 e. The number of halogens is 3. The summed E-state index contributed by atoms with van der Waals surface area (Å²) in [4.78, 5) is 13.6. The largest absolute Gasteiger partial charge is 0.573 e. The predicted molar refractivity (Wildman–Crippen MR) is 69.5 cm³/mol. The Morgan fingerprint density at radius 1 is 1.38 bits per heavy atom. The lowest BCUT2D eigenvalue weighted by molar-refractivity contribution is -0.274. The maximum atomic E-state index is 12.2. The Morgan fingerprint density at radius 2 is 1.95 bits per heavy atom. The van der Waals surface area contributed by atoms with Gasteiger partial charge in [0.05, 0.1) is 12.0 Å². The first kappa shape index (κ1) is 16.8. The Bertz CT molecular complexity index is 521. The predicted octanol–water partition coefficient (Wildman–Crippen LogP) is 3.21. The van der Waals surface area contributed by atoms with Gasteiger partial charge in [-0.1, -0.05) is 0 Å². The smallest absolute Gasteiger partial charge is 0.406 e. The van der Waals surface area contributed by atoms with Crippen molar-refractivity contribution >= 4 is 5.91 Å². The molecule has 0 saturated heterocycles. The Kier molecular flexibility index (Phi) is 5.59. The highest BCUT2D eigenvalue weighted by molar-refractivity contribution is 5.94. The van der Waals surface area contributed by atoms with Gasteiger partial charge in [0, 0.05) is 18.7 Å². The van der Waals surface area contributed by atoms with Crippen molar-refractivity contribution < 1.29 is 22.7 Å². The Balaban J connectivity index is 2.80. The molecule has 1 rings (SSSR count). The van der Waals surface area contributed by atoms with Crippen LogP contribution in [0.1, 0.15) is 24.2 Å². The molecular weight excluding hydrogens is 285 g/mol. The van der Waals surface area contributed by atoms with Crippen LogP contribution in [0.15, 0.2) is 24.3 Å². The molecule has 0 spiro atoms. The third kappa shape index (κ3) is 5.34. The van der Waals surface area contributed by atoms with Crippen molar-refractivity contribution in [3.05, 3.63) is 29.8 Å². The summed E-state index contributed by atoms with van der Waals surface area (Å²) in [5, 5.41) is 8.77. The molecule has 0 fully saturated rings. The van der Waals surface area contributed by atoms with E-state index >= 15 is 0 Å². The fourth-order valence-corrected chi connectivity index (χ4v) is 1.71. The second-order valence-electron chi connectivity index (χ2n) is 4.45. The molecule has 1 atom stereocenters. The van der Waals surface area contributed by atoms with Crippen LogP contribution in [0.4, 0.5) is 13.2 Å². The molecule has 1 aromatic rings. The quantitative estimate of drug-likeness (QED) is 0.839. The van der Waals surface area contributed by atoms with Gasteiger partial charge in [-0.05, 0) is 38.1 Å². The number of rotatable bonds is 5. The van der Waals surface area contributed by atoms with Crippen molar-refractivity contribution in [1.82, 2.24) is 4.90 Å². The SMILES string of the molecule is CCN(C[C@H](C)C#N)C(=O)c1ccc(OC(F)(F)F)cc1. The summed E-state index contributed by atoms with van der Waals surface area (Å²) >= 11 is 0. The van der Waals surface area contributed by atoms with Crippen LogP contribution in [0.3, 0.4) is 0 Å². The van der Waals surface area contributed by atoms with E-state index in [4.69, 9.17) is 5.26 Å². The zero-order chi connectivity index (χ0) is 16.0. The molecule has 1 aromatic carbocycles. The first-order valence-electron chi connectivity index (χ1n) is 6.31. The zero-order valence-electron chi connectivity index (χ0n) is 11.6. The first-order chi connectivity index (χ1) is 9.76. The fourth-order valence-electron chi connectivity index (χ4n) is 1.71. The van der Waals surface area contributed by atoms with Crippen molar-refractivity contribution in [3.63, 3.8) is 0 Å². The average Bonchev–Trinajstić information content (AvgIpc) is 2.42. The van der Waals surface area contributed by atoms with Crippen LogP contribution in [-0.2, 0) is 0 Å². The highest BCUT2D eigenvalue weighted by atomic mass is 19.4. The summed E-state index contributed by atoms with van der Waals surface area (Å²) in [7, 11) is 0. The van der Waals surface area contributed by atoms with Gasteiger partial charge in [0.2, 0.25) is 0 Å². The minimum atomic E-state index is -4.76. The minimum absolute atomic E-state index is 0.247. The van der Waals surface area contributed by atoms with Crippen LogP contribution >= 0.6 is 0 Å². The van der Waals surface area contributed by atoms with Crippen LogP contribution in [-0.4, -0.2) is 30.3 Å². The lowest BCUT2D eigenvalue weighted by atomic mass is 10.1. The van der Waals surface area contributed by atoms with E-state index in [-0.39, 0.29) is 29.7 Å². The third-order valence-electron chi connectivity index (χ3n) is 2.72. The molecule has 0 aromatic heterocycles. The molecule has 7 heteroatoms. The lowest BCUT2D eigenvalue weighted by Crippen LogP contribution is -2.34. The number of ether oxygens (including phenoxy) is 1. The van der Waals surface area contributed by atoms with Gasteiger partial charge in [0.1, 0.15) is 5.75 Å². The number of nitrogens with zero attached hydrogens (tertiary/aromatic N) is 2. The van der Waals surface area contributed by atoms with E-state index in [1.165, 1.54) is 17.0 Å². The fraction of sp³-hybridized carbons (Fsp3) is 0.429. The van der Waals surface area contributed by atoms with Crippen LogP contribution in [0.25, 0.3) is 0 Å². The van der Waals surface area contributed by atoms with Crippen LogP contribution in [0.5, 0.6) is 5.75 Å². The molecule has 0 bridgehead atoms. The molecule has 4 nitrogen and oxygen atoms in total. The molecule has 1 amide bonds. The summed E-state index contributed by atoms with van der Waals surface area (Å²) in [6.45, 7) is 4.14. The van der Waals surface area contributed by atoms with Gasteiger partial charge in [-0.25, -0.2) is 0 Å². The van der Waals surface area contributed by atoms with E-state index in [0.29, 0.717) is 6.54 Å². The third-order valence-corrected chi connectivity index (χ3v) is 2.72. The average molecular weight is 300 g/mol. The summed E-state index contributed by atoms with van der Waals surface area (Å²) < 4.78 is 39.9. The van der Waals surface area contributed by atoms with Crippen molar-refractivity contribution in [3.8, 4) is 11.8 Å². The Hall–Kier alpha value is -2.23. The maximum absolute atomic E-state index is 12.2. The number of alkyl halides is 3. The molecule has 0 aliphatic heterocycles. The van der Waals surface area contributed by atoms with Gasteiger partial charge in [0.25, 0.3) is 5.91 Å². The number of carbonyl (C=O) groups excluding carboxylic acids is 1. The van der Waals surface area contributed by atoms with Gasteiger partial charge >= 0.3 is 6.36 Å². The minimum Gasteiger partial charge on any atom is -0.406 e. The number of benzene rings is 1. The van der Waals surface area contributed by atoms with Gasteiger partial charge < -0.3 is 9.64 Å². The molecular formula is C14H15F3N2O2. The number of hydrogen-bond acceptors (Lipinski definition) is 3. The standard InChI is InChI=1S/C14H15F3N2O2/c1-3-19(9-10(2)8-18)13(20)11-4-6-12(7-5-11)21-14(15,16)17/h4-7,10H,3,9H2,1-2H3/t10-/m1/s1. The van der Waals surface area contributed by atoms with Crippen LogP contribution < -0.4 is 4.74 Å². The van der Waals surface area contributed by atoms with E-state index < -0.39 is 6.36 Å². The first-order valence-corrected chi connectivity index (χ1v) is 6.31. The molecule has 0 radical (unpaired) electrons. The van der Waals surface area contributed by atoms with Crippen molar-refractivity contribution in [1.29, 1.82) is 5.26 Å². The summed E-state index contributed by atoms with van der Waals surface area (Å²) in [6.07, 6.45) is -4.76. The topological polar surface area (TPSA) is 53.3 Å². The highest BCUT2D eigenvalue weighted by Gasteiger charge is 2.31. The van der Waals surface area contributed by atoms with Gasteiger partial charge in [-0.15, -0.1) is 13.2 Å². The van der Waals surface area contributed by atoms with Gasteiger partial charge in [0.15, 0.2) is 0 Å². The summed E-state index contributed by atoms with van der Waals surface area (Å²) in [5.74, 6) is -1.03. The van der Waals surface area contributed by atoms with E-state index in [9.17, 15) is 18.0 Å². The highest BCUT2D eigenvalue weighted by Crippen LogP contribution is 2.23. The Labute approximate surface area is 120 Å². The summed E-state index contributed by atoms with van der Waals surface area (Å²) in [5.41, 5.74) is 0.247. The normalized spacial score (nSPS) is 12.4. The molecule has 0 aliphatic carbocycles. The van der Waals surface area contributed by atoms with Gasteiger partial charge in [-0.3, -0.25) is 4.79 Å². The molecule has 21 heavy (non-hydrogen) atoms. The van der Waals surface area contributed by atoms with Gasteiger partial charge in [-0.2, -0.15) is 5.26 Å². The molecule has 0 saturated carbocycles. The molecule has 0 unspecified atom stereocenters. The van der Waals surface area contributed by atoms with E-state index in [0.717, 1.165) is 12.1 Å². The molecule has 0 heterocycles. The molecule has 0 aliphatic rings. The number of hydrogen-bond donors (Lipinski definition) is 0. The van der Waals surface area contributed by atoms with Crippen molar-refractivity contribution in [2.45, 2.75) is 20.2 Å². The van der Waals surface area contributed by atoms with E-state index in [1.54, 1.807) is 13.8 Å². The van der Waals surface area contributed by atoms with Crippen LogP contribution in [0.2, 0.25) is 0 Å². The van der Waals surface area contributed by atoms with Crippen LogP contribution in [0, 0.1) is 17.2 Å². The second kappa shape index (κ2) is 6.97. The molecule has 0 N–H and O–H groups in total. The zero-order valence-corrected chi connectivity index (χ0v) is 11.6. The van der Waals surface area contributed by atoms with Crippen molar-refractivity contribution in [2.24, 2.45) is 5.92 Å². The van der Waals surface area contributed by atoms with E-state index in [1.807, 2.05) is 6.07 Å². The molecule has 114 valence electrons. The Morgan fingerprint density at radius 3 is 2.38 bits per heavy atom. The van der Waals surface area contributed by atoms with E-state index in [2.05, 4.69) is 4.74 Å². The van der Waals surface area contributed by atoms with Crippen molar-refractivity contribution in [2.75, 3.05) is 13.1 Å². The number of amides is 1. The lowest BCUT2D eigenvalue weighted by Gasteiger charge is -2.22. The number of carbonyl (C=O) groups is 1.